The third-order valence-electron chi connectivity index (χ3n) is 5.45. The second-order valence-electron chi connectivity index (χ2n) is 8.04. The van der Waals surface area contributed by atoms with Crippen molar-refractivity contribution in [2.24, 2.45) is 0 Å². The summed E-state index contributed by atoms with van der Waals surface area (Å²) < 4.78 is 23.4. The molecule has 0 aliphatic heterocycles. The Morgan fingerprint density at radius 1 is 0.724 bits per heavy atom. The average Bonchev–Trinajstić information content (AvgIpc) is 2.73. The van der Waals surface area contributed by atoms with Crippen molar-refractivity contribution in [1.82, 2.24) is 0 Å². The molecule has 0 saturated carbocycles. The van der Waals surface area contributed by atoms with Crippen LogP contribution in [0.25, 0.3) is 0 Å². The minimum Gasteiger partial charge on any atom is -0.219 e. The zero-order chi connectivity index (χ0) is 21.2. The fourth-order valence-corrected chi connectivity index (χ4v) is 4.23. The molecule has 3 heteroatoms. The fraction of sp³-hybridized carbons (Fsp3) is 0.615. The van der Waals surface area contributed by atoms with E-state index in [0.29, 0.717) is 4.90 Å². The summed E-state index contributed by atoms with van der Waals surface area (Å²) in [6.45, 7) is 5.63. The molecule has 2 nitrogen and oxygen atoms in total. The fourth-order valence-electron chi connectivity index (χ4n) is 3.52. The summed E-state index contributed by atoms with van der Waals surface area (Å²) in [6, 6.07) is 7.22. The summed E-state index contributed by atoms with van der Waals surface area (Å²) in [5.41, 5.74) is 1.21. The van der Waals surface area contributed by atoms with E-state index in [4.69, 9.17) is 0 Å². The quantitative estimate of drug-likeness (QED) is 0.178. The van der Waals surface area contributed by atoms with E-state index >= 15 is 0 Å². The van der Waals surface area contributed by atoms with Gasteiger partial charge in [0.1, 0.15) is 0 Å². The van der Waals surface area contributed by atoms with Gasteiger partial charge in [0.2, 0.25) is 0 Å². The molecule has 0 aliphatic carbocycles. The highest BCUT2D eigenvalue weighted by Gasteiger charge is 2.08. The van der Waals surface area contributed by atoms with E-state index in [2.05, 4.69) is 25.7 Å². The van der Waals surface area contributed by atoms with Crippen molar-refractivity contribution in [2.45, 2.75) is 108 Å². The summed E-state index contributed by atoms with van der Waals surface area (Å²) in [4.78, 5) is 0.331. The van der Waals surface area contributed by atoms with Crippen molar-refractivity contribution < 1.29 is 8.42 Å². The molecule has 0 aliphatic rings. The van der Waals surface area contributed by atoms with Gasteiger partial charge in [-0.05, 0) is 56.2 Å². The average molecular weight is 419 g/mol. The largest absolute Gasteiger partial charge is 0.219 e. The van der Waals surface area contributed by atoms with Gasteiger partial charge < -0.3 is 0 Å². The number of benzene rings is 1. The maximum absolute atomic E-state index is 11.7. The molecule has 0 fully saturated rings. The molecule has 0 atom stereocenters. The first kappa shape index (κ1) is 25.7. The first-order valence-electron chi connectivity index (χ1n) is 11.7. The van der Waals surface area contributed by atoms with Crippen molar-refractivity contribution in [3.63, 3.8) is 0 Å². The lowest BCUT2D eigenvalue weighted by Gasteiger charge is -2.04. The Bertz CT molecular complexity index is 656. The lowest BCUT2D eigenvalue weighted by Crippen LogP contribution is -1.96. The summed E-state index contributed by atoms with van der Waals surface area (Å²) in [5, 5.41) is 1.01. The van der Waals surface area contributed by atoms with Gasteiger partial charge in [0.15, 0.2) is 9.84 Å². The summed E-state index contributed by atoms with van der Waals surface area (Å²) in [6.07, 6.45) is 24.2. The highest BCUT2D eigenvalue weighted by atomic mass is 32.2. The Morgan fingerprint density at radius 2 is 1.21 bits per heavy atom. The second-order valence-corrected chi connectivity index (χ2v) is 9.94. The van der Waals surface area contributed by atoms with E-state index in [9.17, 15) is 8.42 Å². The Kier molecular flexibility index (Phi) is 14.6. The molecule has 0 spiro atoms. The molecule has 0 amide bonds. The molecule has 0 heterocycles. The van der Waals surface area contributed by atoms with E-state index in [1.807, 2.05) is 12.1 Å². The number of unbranched alkanes of at least 4 members (excludes halogenated alkanes) is 12. The smallest absolute Gasteiger partial charge is 0.199 e. The van der Waals surface area contributed by atoms with Crippen LogP contribution in [0.3, 0.4) is 0 Å². The zero-order valence-corrected chi connectivity index (χ0v) is 19.4. The van der Waals surface area contributed by atoms with Gasteiger partial charge in [-0.3, -0.25) is 0 Å². The molecule has 0 aromatic heterocycles. The highest BCUT2D eigenvalue weighted by molar-refractivity contribution is 7.94. The van der Waals surface area contributed by atoms with Crippen LogP contribution >= 0.6 is 0 Å². The maximum Gasteiger partial charge on any atom is 0.199 e. The van der Waals surface area contributed by atoms with Crippen LogP contribution in [0, 0.1) is 0 Å². The highest BCUT2D eigenvalue weighted by Crippen LogP contribution is 2.15. The number of sulfone groups is 1. The van der Waals surface area contributed by atoms with Crippen molar-refractivity contribution in [2.75, 3.05) is 0 Å². The summed E-state index contributed by atoms with van der Waals surface area (Å²) in [7, 11) is -3.31. The third kappa shape index (κ3) is 12.7. The molecular formula is C26H42O2S. The van der Waals surface area contributed by atoms with E-state index < -0.39 is 9.84 Å². The lowest BCUT2D eigenvalue weighted by molar-refractivity contribution is 0.595. The zero-order valence-electron chi connectivity index (χ0n) is 18.6. The molecule has 164 valence electrons. The van der Waals surface area contributed by atoms with Crippen molar-refractivity contribution in [1.29, 1.82) is 0 Å². The monoisotopic (exact) mass is 418 g/mol. The molecule has 1 rings (SSSR count). The van der Waals surface area contributed by atoms with Crippen molar-refractivity contribution in [3.05, 3.63) is 54.0 Å². The maximum atomic E-state index is 11.7. The number of rotatable bonds is 18. The topological polar surface area (TPSA) is 34.1 Å². The van der Waals surface area contributed by atoms with Gasteiger partial charge >= 0.3 is 0 Å². The molecular weight excluding hydrogens is 376 g/mol. The number of hydrogen-bond donors (Lipinski definition) is 0. The van der Waals surface area contributed by atoms with Crippen LogP contribution in [0.4, 0.5) is 0 Å². The minimum atomic E-state index is -3.31. The lowest BCUT2D eigenvalue weighted by atomic mass is 10.0. The van der Waals surface area contributed by atoms with Crippen LogP contribution in [0.2, 0.25) is 0 Å². The number of allylic oxidation sites excluding steroid dienone is 2. The molecule has 0 bridgehead atoms. The Balaban J connectivity index is 1.95. The SMILES string of the molecule is C=CS(=O)(=O)c1ccc(CCCCCCCC/C=C\CCCCCCCC)cc1. The normalized spacial score (nSPS) is 11.9. The predicted molar refractivity (Wildman–Crippen MR) is 127 cm³/mol. The summed E-state index contributed by atoms with van der Waals surface area (Å²) >= 11 is 0. The Hall–Kier alpha value is -1.35. The van der Waals surface area contributed by atoms with E-state index in [1.54, 1.807) is 12.1 Å². The number of aryl methyl sites for hydroxylation is 1. The van der Waals surface area contributed by atoms with Crippen LogP contribution in [0.5, 0.6) is 0 Å². The van der Waals surface area contributed by atoms with Gasteiger partial charge in [0.25, 0.3) is 0 Å². The number of hydrogen-bond acceptors (Lipinski definition) is 2. The third-order valence-corrected chi connectivity index (χ3v) is 6.82. The van der Waals surface area contributed by atoms with Crippen LogP contribution in [-0.2, 0) is 16.3 Å². The van der Waals surface area contributed by atoms with Crippen molar-refractivity contribution in [3.8, 4) is 0 Å². The minimum absolute atomic E-state index is 0.331. The standard InChI is InChI=1S/C26H42O2S/c1-3-5-6-7-8-9-10-11-12-13-14-15-16-17-18-19-20-25-21-23-26(24-22-25)29(27,28)4-2/h4,11-12,21-24H,2-3,5-10,13-20H2,1H3/b12-11-. The van der Waals surface area contributed by atoms with Crippen LogP contribution in [-0.4, -0.2) is 8.42 Å². The van der Waals surface area contributed by atoms with E-state index in [-0.39, 0.29) is 0 Å². The van der Waals surface area contributed by atoms with Crippen LogP contribution < -0.4 is 0 Å². The Labute approximate surface area is 180 Å². The predicted octanol–water partition coefficient (Wildman–Crippen LogP) is 8.18. The molecule has 0 unspecified atom stereocenters. The molecule has 0 radical (unpaired) electrons. The second kappa shape index (κ2) is 16.4. The van der Waals surface area contributed by atoms with Crippen LogP contribution in [0.1, 0.15) is 102 Å². The van der Waals surface area contributed by atoms with E-state index in [1.165, 1.54) is 95.5 Å². The first-order valence-corrected chi connectivity index (χ1v) is 13.3. The van der Waals surface area contributed by atoms with Gasteiger partial charge in [0, 0.05) is 5.41 Å². The molecule has 1 aromatic carbocycles. The molecule has 0 N–H and O–H groups in total. The van der Waals surface area contributed by atoms with Crippen LogP contribution in [0.15, 0.2) is 53.3 Å². The summed E-state index contributed by atoms with van der Waals surface area (Å²) in [5.74, 6) is 0. The Morgan fingerprint density at radius 3 is 1.72 bits per heavy atom. The van der Waals surface area contributed by atoms with Gasteiger partial charge in [-0.15, -0.1) is 0 Å². The van der Waals surface area contributed by atoms with Gasteiger partial charge in [-0.25, -0.2) is 8.42 Å². The van der Waals surface area contributed by atoms with Gasteiger partial charge in [-0.1, -0.05) is 95.6 Å². The molecule has 0 saturated heterocycles. The molecule has 29 heavy (non-hydrogen) atoms. The van der Waals surface area contributed by atoms with E-state index in [0.717, 1.165) is 11.8 Å². The van der Waals surface area contributed by atoms with Crippen molar-refractivity contribution >= 4 is 9.84 Å². The van der Waals surface area contributed by atoms with Gasteiger partial charge in [-0.2, -0.15) is 0 Å². The van der Waals surface area contributed by atoms with Gasteiger partial charge in [0.05, 0.1) is 4.90 Å². The first-order chi connectivity index (χ1) is 14.1. The molecule has 1 aromatic rings.